The maximum Gasteiger partial charge on any atom is 0.240 e. The summed E-state index contributed by atoms with van der Waals surface area (Å²) < 4.78 is 1.05. The molecule has 0 bridgehead atoms. The molecule has 0 radical (unpaired) electrons. The van der Waals surface area contributed by atoms with E-state index in [9.17, 15) is 9.59 Å². The van der Waals surface area contributed by atoms with Crippen LogP contribution < -0.4 is 10.7 Å². The Balaban J connectivity index is 1.73. The third-order valence-corrected chi connectivity index (χ3v) is 4.51. The van der Waals surface area contributed by atoms with Crippen molar-refractivity contribution in [3.05, 3.63) is 63.2 Å². The number of carbonyl (C=O) groups excluding carboxylic acids is 2. The molecule has 2 aromatic carbocycles. The number of halogens is 1. The van der Waals surface area contributed by atoms with E-state index in [0.717, 1.165) is 21.2 Å². The first-order valence-corrected chi connectivity index (χ1v) is 9.11. The zero-order valence-electron chi connectivity index (χ0n) is 14.0. The zero-order chi connectivity index (χ0) is 18.1. The molecule has 0 heterocycles. The molecule has 2 rings (SSSR count). The molecule has 6 heteroatoms. The van der Waals surface area contributed by atoms with Gasteiger partial charge in [-0.15, -0.1) is 0 Å². The number of hydrogen-bond donors (Lipinski definition) is 2. The van der Waals surface area contributed by atoms with E-state index in [1.165, 1.54) is 5.56 Å². The second-order valence-corrected chi connectivity index (χ2v) is 6.58. The molecule has 0 spiro atoms. The number of benzene rings is 2. The first-order chi connectivity index (χ1) is 12.1. The first kappa shape index (κ1) is 19.1. The van der Waals surface area contributed by atoms with Crippen molar-refractivity contribution >= 4 is 46.3 Å². The quantitative estimate of drug-likeness (QED) is 0.384. The lowest BCUT2D eigenvalue weighted by Crippen LogP contribution is -2.20. The van der Waals surface area contributed by atoms with Crippen LogP contribution >= 0.6 is 22.6 Å². The number of aryl methyl sites for hydroxylation is 1. The maximum absolute atomic E-state index is 11.9. The van der Waals surface area contributed by atoms with Crippen molar-refractivity contribution in [1.82, 2.24) is 5.43 Å². The topological polar surface area (TPSA) is 70.6 Å². The highest BCUT2D eigenvalue weighted by molar-refractivity contribution is 14.1. The van der Waals surface area contributed by atoms with E-state index in [4.69, 9.17) is 0 Å². The Morgan fingerprint density at radius 1 is 1.04 bits per heavy atom. The van der Waals surface area contributed by atoms with Crippen LogP contribution in [0.1, 0.15) is 30.9 Å². The molecular weight excluding hydrogens is 429 g/mol. The molecule has 0 aliphatic rings. The van der Waals surface area contributed by atoms with E-state index in [1.807, 2.05) is 48.5 Å². The Bertz CT molecular complexity index is 758. The summed E-state index contributed by atoms with van der Waals surface area (Å²) in [5, 5.41) is 6.70. The van der Waals surface area contributed by atoms with Crippen LogP contribution in [0.4, 0.5) is 5.69 Å². The standard InChI is InChI=1S/C19H20IN3O2/c1-2-14-7-9-16(10-8-14)22-18(24)11-12-19(25)23-21-13-15-5-3-4-6-17(15)20/h3-10,13H,2,11-12H2,1H3,(H,22,24)(H,23,25). The summed E-state index contributed by atoms with van der Waals surface area (Å²) in [6.07, 6.45) is 2.74. The molecule has 130 valence electrons. The molecule has 25 heavy (non-hydrogen) atoms. The Morgan fingerprint density at radius 2 is 1.72 bits per heavy atom. The van der Waals surface area contributed by atoms with Crippen LogP contribution in [-0.4, -0.2) is 18.0 Å². The van der Waals surface area contributed by atoms with E-state index in [-0.39, 0.29) is 24.7 Å². The van der Waals surface area contributed by atoms with Crippen molar-refractivity contribution < 1.29 is 9.59 Å². The normalized spacial score (nSPS) is 10.6. The fourth-order valence-electron chi connectivity index (χ4n) is 2.08. The number of carbonyl (C=O) groups is 2. The number of hydrogen-bond acceptors (Lipinski definition) is 3. The Morgan fingerprint density at radius 3 is 2.40 bits per heavy atom. The Labute approximate surface area is 161 Å². The summed E-state index contributed by atoms with van der Waals surface area (Å²) in [5.74, 6) is -0.486. The summed E-state index contributed by atoms with van der Waals surface area (Å²) in [6.45, 7) is 2.08. The molecule has 5 nitrogen and oxygen atoms in total. The monoisotopic (exact) mass is 449 g/mol. The van der Waals surface area contributed by atoms with Crippen molar-refractivity contribution in [2.45, 2.75) is 26.2 Å². The Kier molecular flexibility index (Phi) is 7.59. The minimum atomic E-state index is -0.293. The first-order valence-electron chi connectivity index (χ1n) is 8.03. The van der Waals surface area contributed by atoms with Gasteiger partial charge in [0.25, 0.3) is 0 Å². The predicted molar refractivity (Wildman–Crippen MR) is 109 cm³/mol. The van der Waals surface area contributed by atoms with Crippen LogP contribution in [0.25, 0.3) is 0 Å². The van der Waals surface area contributed by atoms with Crippen LogP contribution in [0, 0.1) is 3.57 Å². The minimum absolute atomic E-state index is 0.0854. The van der Waals surface area contributed by atoms with Crippen LogP contribution in [0.15, 0.2) is 53.6 Å². The van der Waals surface area contributed by atoms with Gasteiger partial charge in [0.2, 0.25) is 11.8 Å². The van der Waals surface area contributed by atoms with Crippen molar-refractivity contribution in [3.63, 3.8) is 0 Å². The van der Waals surface area contributed by atoms with E-state index < -0.39 is 0 Å². The van der Waals surface area contributed by atoms with Crippen molar-refractivity contribution in [2.75, 3.05) is 5.32 Å². The highest BCUT2D eigenvalue weighted by Gasteiger charge is 2.07. The van der Waals surface area contributed by atoms with Gasteiger partial charge < -0.3 is 5.32 Å². The number of rotatable bonds is 7. The summed E-state index contributed by atoms with van der Waals surface area (Å²) in [5.41, 5.74) is 5.31. The third-order valence-electron chi connectivity index (χ3n) is 3.52. The molecule has 0 saturated carbocycles. The van der Waals surface area contributed by atoms with E-state index in [1.54, 1.807) is 6.21 Å². The maximum atomic E-state index is 11.9. The van der Waals surface area contributed by atoms with E-state index in [2.05, 4.69) is 45.4 Å². The number of hydrazone groups is 1. The van der Waals surface area contributed by atoms with Crippen molar-refractivity contribution in [3.8, 4) is 0 Å². The highest BCUT2D eigenvalue weighted by atomic mass is 127. The van der Waals surface area contributed by atoms with Gasteiger partial charge in [-0.05, 0) is 52.8 Å². The van der Waals surface area contributed by atoms with E-state index in [0.29, 0.717) is 0 Å². The SMILES string of the molecule is CCc1ccc(NC(=O)CCC(=O)NN=Cc2ccccc2I)cc1. The number of anilines is 1. The van der Waals surface area contributed by atoms with Gasteiger partial charge >= 0.3 is 0 Å². The molecule has 2 aromatic rings. The summed E-state index contributed by atoms with van der Waals surface area (Å²) in [7, 11) is 0. The minimum Gasteiger partial charge on any atom is -0.326 e. The largest absolute Gasteiger partial charge is 0.326 e. The second kappa shape index (κ2) is 9.93. The number of nitrogens with zero attached hydrogens (tertiary/aromatic N) is 1. The van der Waals surface area contributed by atoms with Crippen LogP contribution in [0.5, 0.6) is 0 Å². The van der Waals surface area contributed by atoms with Gasteiger partial charge in [-0.3, -0.25) is 9.59 Å². The van der Waals surface area contributed by atoms with Crippen molar-refractivity contribution in [1.29, 1.82) is 0 Å². The van der Waals surface area contributed by atoms with Gasteiger partial charge in [0.1, 0.15) is 0 Å². The van der Waals surface area contributed by atoms with E-state index >= 15 is 0 Å². The molecule has 0 aliphatic carbocycles. The molecule has 0 fully saturated rings. The molecule has 0 atom stereocenters. The number of amides is 2. The lowest BCUT2D eigenvalue weighted by molar-refractivity contribution is -0.124. The average molecular weight is 449 g/mol. The van der Waals surface area contributed by atoms with Gasteiger partial charge in [-0.2, -0.15) is 5.10 Å². The van der Waals surface area contributed by atoms with Crippen LogP contribution in [-0.2, 0) is 16.0 Å². The zero-order valence-corrected chi connectivity index (χ0v) is 16.1. The fraction of sp³-hybridized carbons (Fsp3) is 0.211. The lowest BCUT2D eigenvalue weighted by atomic mass is 10.1. The van der Waals surface area contributed by atoms with Crippen LogP contribution in [0.2, 0.25) is 0 Å². The smallest absolute Gasteiger partial charge is 0.240 e. The Hall–Kier alpha value is -2.22. The van der Waals surface area contributed by atoms with Gasteiger partial charge in [0.05, 0.1) is 6.21 Å². The van der Waals surface area contributed by atoms with Crippen molar-refractivity contribution in [2.24, 2.45) is 5.10 Å². The van der Waals surface area contributed by atoms with Gasteiger partial charge in [0, 0.05) is 27.7 Å². The molecule has 0 aliphatic heterocycles. The highest BCUT2D eigenvalue weighted by Crippen LogP contribution is 2.11. The van der Waals surface area contributed by atoms with Crippen LogP contribution in [0.3, 0.4) is 0 Å². The molecular formula is C19H20IN3O2. The summed E-state index contributed by atoms with van der Waals surface area (Å²) in [4.78, 5) is 23.6. The molecule has 2 amide bonds. The van der Waals surface area contributed by atoms with Gasteiger partial charge in [0.15, 0.2) is 0 Å². The molecule has 2 N–H and O–H groups in total. The second-order valence-electron chi connectivity index (χ2n) is 5.41. The predicted octanol–water partition coefficient (Wildman–Crippen LogP) is 3.72. The lowest BCUT2D eigenvalue weighted by Gasteiger charge is -2.05. The van der Waals surface area contributed by atoms with Gasteiger partial charge in [-0.1, -0.05) is 37.3 Å². The third kappa shape index (κ3) is 6.66. The molecule has 0 saturated heterocycles. The molecule has 0 aromatic heterocycles. The average Bonchev–Trinajstić information content (AvgIpc) is 2.62. The number of nitrogens with one attached hydrogen (secondary N) is 2. The summed E-state index contributed by atoms with van der Waals surface area (Å²) in [6, 6.07) is 15.4. The molecule has 0 unspecified atom stereocenters. The summed E-state index contributed by atoms with van der Waals surface area (Å²) >= 11 is 2.20. The fourth-order valence-corrected chi connectivity index (χ4v) is 2.61. The van der Waals surface area contributed by atoms with Gasteiger partial charge in [-0.25, -0.2) is 5.43 Å².